The van der Waals surface area contributed by atoms with Gasteiger partial charge in [0.25, 0.3) is 0 Å². The van der Waals surface area contributed by atoms with Crippen LogP contribution in [0.25, 0.3) is 10.6 Å². The van der Waals surface area contributed by atoms with Crippen LogP contribution in [0, 0.1) is 0 Å². The summed E-state index contributed by atoms with van der Waals surface area (Å²) in [7, 11) is 0. The van der Waals surface area contributed by atoms with E-state index in [-0.39, 0.29) is 5.91 Å². The molecular formula is C19H23N3OS. The third kappa shape index (κ3) is 3.37. The van der Waals surface area contributed by atoms with Crippen molar-refractivity contribution in [1.29, 1.82) is 0 Å². The summed E-state index contributed by atoms with van der Waals surface area (Å²) >= 11 is 1.61. The maximum Gasteiger partial charge on any atom is 0.228 e. The molecule has 1 aliphatic heterocycles. The molecule has 2 heterocycles. The standard InChI is InChI=1S/C19H23N3OS/c1-14-12-21(17-7-8-17)9-10-22(14)18(23)11-16-13-24-19(20-16)15-5-3-2-4-6-15/h2-6,13-14,17H,7-12H2,1H3. The number of carbonyl (C=O) groups is 1. The van der Waals surface area contributed by atoms with E-state index in [2.05, 4.69) is 28.9 Å². The average molecular weight is 341 g/mol. The van der Waals surface area contributed by atoms with Crippen LogP contribution in [-0.2, 0) is 11.2 Å². The number of hydrogen-bond acceptors (Lipinski definition) is 4. The number of nitrogens with zero attached hydrogens (tertiary/aromatic N) is 3. The molecule has 1 amide bonds. The van der Waals surface area contributed by atoms with Crippen LogP contribution in [0.4, 0.5) is 0 Å². The molecule has 1 atom stereocenters. The van der Waals surface area contributed by atoms with Crippen molar-refractivity contribution >= 4 is 17.2 Å². The number of aromatic nitrogens is 1. The highest BCUT2D eigenvalue weighted by atomic mass is 32.1. The monoisotopic (exact) mass is 341 g/mol. The van der Waals surface area contributed by atoms with E-state index in [1.54, 1.807) is 11.3 Å². The van der Waals surface area contributed by atoms with Gasteiger partial charge in [0.05, 0.1) is 12.1 Å². The molecule has 126 valence electrons. The van der Waals surface area contributed by atoms with Crippen molar-refractivity contribution in [2.75, 3.05) is 19.6 Å². The first kappa shape index (κ1) is 15.8. The minimum Gasteiger partial charge on any atom is -0.337 e. The molecule has 0 N–H and O–H groups in total. The Hall–Kier alpha value is -1.72. The van der Waals surface area contributed by atoms with Crippen LogP contribution in [0.1, 0.15) is 25.5 Å². The Kier molecular flexibility index (Phi) is 4.37. The summed E-state index contributed by atoms with van der Waals surface area (Å²) < 4.78 is 0. The molecule has 1 saturated heterocycles. The molecular weight excluding hydrogens is 318 g/mol. The molecule has 0 spiro atoms. The summed E-state index contributed by atoms with van der Waals surface area (Å²) in [6.45, 7) is 5.06. The van der Waals surface area contributed by atoms with Gasteiger partial charge in [-0.1, -0.05) is 30.3 Å². The van der Waals surface area contributed by atoms with Crippen LogP contribution >= 0.6 is 11.3 Å². The summed E-state index contributed by atoms with van der Waals surface area (Å²) in [5, 5.41) is 3.01. The van der Waals surface area contributed by atoms with E-state index in [1.165, 1.54) is 12.8 Å². The SMILES string of the molecule is CC1CN(C2CC2)CCN1C(=O)Cc1csc(-c2ccccc2)n1. The molecule has 24 heavy (non-hydrogen) atoms. The van der Waals surface area contributed by atoms with Crippen LogP contribution in [0.5, 0.6) is 0 Å². The molecule has 4 rings (SSSR count). The third-order valence-electron chi connectivity index (χ3n) is 4.95. The van der Waals surface area contributed by atoms with E-state index < -0.39 is 0 Å². The minimum atomic E-state index is 0.211. The van der Waals surface area contributed by atoms with Crippen molar-refractivity contribution in [3.05, 3.63) is 41.4 Å². The van der Waals surface area contributed by atoms with Gasteiger partial charge in [-0.2, -0.15) is 0 Å². The normalized spacial score (nSPS) is 21.9. The van der Waals surface area contributed by atoms with E-state index in [0.29, 0.717) is 12.5 Å². The highest BCUT2D eigenvalue weighted by Crippen LogP contribution is 2.29. The molecule has 1 aliphatic carbocycles. The summed E-state index contributed by atoms with van der Waals surface area (Å²) in [6.07, 6.45) is 3.08. The Morgan fingerprint density at radius 3 is 2.75 bits per heavy atom. The van der Waals surface area contributed by atoms with Crippen molar-refractivity contribution in [3.8, 4) is 10.6 Å². The van der Waals surface area contributed by atoms with Crippen molar-refractivity contribution in [3.63, 3.8) is 0 Å². The molecule has 1 unspecified atom stereocenters. The molecule has 0 radical (unpaired) electrons. The molecule has 4 nitrogen and oxygen atoms in total. The lowest BCUT2D eigenvalue weighted by Gasteiger charge is -2.40. The van der Waals surface area contributed by atoms with Gasteiger partial charge in [0, 0.05) is 42.7 Å². The summed E-state index contributed by atoms with van der Waals surface area (Å²) in [6, 6.07) is 11.2. The maximum absolute atomic E-state index is 12.7. The Balaban J connectivity index is 1.38. The van der Waals surface area contributed by atoms with Crippen molar-refractivity contribution in [2.24, 2.45) is 0 Å². The summed E-state index contributed by atoms with van der Waals surface area (Å²) in [5.74, 6) is 0.211. The smallest absolute Gasteiger partial charge is 0.228 e. The van der Waals surface area contributed by atoms with Gasteiger partial charge in [-0.3, -0.25) is 9.69 Å². The lowest BCUT2D eigenvalue weighted by Crippen LogP contribution is -2.54. The minimum absolute atomic E-state index is 0.211. The fourth-order valence-corrected chi connectivity index (χ4v) is 4.31. The average Bonchev–Trinajstić information content (AvgIpc) is 3.35. The number of thiazole rings is 1. The van der Waals surface area contributed by atoms with E-state index in [4.69, 9.17) is 0 Å². The van der Waals surface area contributed by atoms with Gasteiger partial charge >= 0.3 is 0 Å². The molecule has 2 aromatic rings. The zero-order valence-corrected chi connectivity index (χ0v) is 14.8. The zero-order chi connectivity index (χ0) is 16.5. The van der Waals surface area contributed by atoms with Gasteiger partial charge in [0.1, 0.15) is 5.01 Å². The molecule has 1 saturated carbocycles. The molecule has 2 aliphatic rings. The van der Waals surface area contributed by atoms with Crippen LogP contribution in [-0.4, -0.2) is 52.4 Å². The maximum atomic E-state index is 12.7. The predicted molar refractivity (Wildman–Crippen MR) is 97.0 cm³/mol. The van der Waals surface area contributed by atoms with Gasteiger partial charge in [-0.05, 0) is 19.8 Å². The van der Waals surface area contributed by atoms with Crippen LogP contribution in [0.15, 0.2) is 35.7 Å². The first-order valence-electron chi connectivity index (χ1n) is 8.74. The highest BCUT2D eigenvalue weighted by Gasteiger charge is 2.35. The van der Waals surface area contributed by atoms with Crippen molar-refractivity contribution in [2.45, 2.75) is 38.3 Å². The first-order valence-corrected chi connectivity index (χ1v) is 9.62. The highest BCUT2D eigenvalue weighted by molar-refractivity contribution is 7.13. The summed E-state index contributed by atoms with van der Waals surface area (Å²) in [4.78, 5) is 21.9. The number of hydrogen-bond donors (Lipinski definition) is 0. The lowest BCUT2D eigenvalue weighted by molar-refractivity contribution is -0.135. The fraction of sp³-hybridized carbons (Fsp3) is 0.474. The van der Waals surface area contributed by atoms with Gasteiger partial charge < -0.3 is 4.90 Å². The molecule has 0 bridgehead atoms. The zero-order valence-electron chi connectivity index (χ0n) is 14.0. The van der Waals surface area contributed by atoms with Crippen molar-refractivity contribution in [1.82, 2.24) is 14.8 Å². The van der Waals surface area contributed by atoms with Gasteiger partial charge in [-0.15, -0.1) is 11.3 Å². The predicted octanol–water partition coefficient (Wildman–Crippen LogP) is 3.05. The summed E-state index contributed by atoms with van der Waals surface area (Å²) in [5.41, 5.74) is 2.01. The molecule has 5 heteroatoms. The number of carbonyl (C=O) groups excluding carboxylic acids is 1. The van der Waals surface area contributed by atoms with E-state index >= 15 is 0 Å². The Bertz CT molecular complexity index is 710. The second-order valence-corrected chi connectivity index (χ2v) is 7.71. The van der Waals surface area contributed by atoms with Crippen LogP contribution < -0.4 is 0 Å². The van der Waals surface area contributed by atoms with Crippen LogP contribution in [0.2, 0.25) is 0 Å². The third-order valence-corrected chi connectivity index (χ3v) is 5.89. The topological polar surface area (TPSA) is 36.4 Å². The lowest BCUT2D eigenvalue weighted by atomic mass is 10.1. The first-order chi connectivity index (χ1) is 11.7. The second-order valence-electron chi connectivity index (χ2n) is 6.85. The number of amides is 1. The number of benzene rings is 1. The van der Waals surface area contributed by atoms with E-state index in [9.17, 15) is 4.79 Å². The number of rotatable bonds is 4. The largest absolute Gasteiger partial charge is 0.337 e. The fourth-order valence-electron chi connectivity index (χ4n) is 3.49. The van der Waals surface area contributed by atoms with E-state index in [0.717, 1.165) is 41.9 Å². The van der Waals surface area contributed by atoms with Gasteiger partial charge in [0.2, 0.25) is 5.91 Å². The van der Waals surface area contributed by atoms with Crippen LogP contribution in [0.3, 0.4) is 0 Å². The quantitative estimate of drug-likeness (QED) is 0.858. The van der Waals surface area contributed by atoms with Gasteiger partial charge in [0.15, 0.2) is 0 Å². The Morgan fingerprint density at radius 1 is 1.25 bits per heavy atom. The Labute approximate surface area is 147 Å². The number of piperazine rings is 1. The van der Waals surface area contributed by atoms with Gasteiger partial charge in [-0.25, -0.2) is 4.98 Å². The second kappa shape index (κ2) is 6.65. The molecule has 1 aromatic carbocycles. The molecule has 2 fully saturated rings. The van der Waals surface area contributed by atoms with Crippen molar-refractivity contribution < 1.29 is 4.79 Å². The Morgan fingerprint density at radius 2 is 2.04 bits per heavy atom. The van der Waals surface area contributed by atoms with E-state index in [1.807, 2.05) is 28.5 Å². The molecule has 1 aromatic heterocycles.